The predicted molar refractivity (Wildman–Crippen MR) is 79.0 cm³/mol. The highest BCUT2D eigenvalue weighted by atomic mass is 32.2. The zero-order valence-electron chi connectivity index (χ0n) is 12.6. The minimum atomic E-state index is -3.56. The van der Waals surface area contributed by atoms with Gasteiger partial charge in [0.25, 0.3) is 0 Å². The van der Waals surface area contributed by atoms with Crippen LogP contribution in [0.1, 0.15) is 58.8 Å². The number of amides is 1. The van der Waals surface area contributed by atoms with E-state index in [1.807, 2.05) is 6.92 Å². The second-order valence-corrected chi connectivity index (χ2v) is 7.35. The molecule has 1 amide bonds. The number of rotatable bonds is 7. The number of hydrogen-bond acceptors (Lipinski definition) is 4. The van der Waals surface area contributed by atoms with E-state index in [9.17, 15) is 13.2 Å². The van der Waals surface area contributed by atoms with Crippen LogP contribution < -0.4 is 0 Å². The molecule has 1 aliphatic carbocycles. The highest BCUT2D eigenvalue weighted by molar-refractivity contribution is 7.89. The van der Waals surface area contributed by atoms with Crippen molar-refractivity contribution >= 4 is 16.1 Å². The number of sulfonamides is 1. The summed E-state index contributed by atoms with van der Waals surface area (Å²) in [6, 6.07) is 0. The molecule has 0 N–H and O–H groups in total. The summed E-state index contributed by atoms with van der Waals surface area (Å²) in [4.78, 5) is 11.9. The lowest BCUT2D eigenvalue weighted by molar-refractivity contribution is 0.130. The van der Waals surface area contributed by atoms with E-state index in [-0.39, 0.29) is 24.8 Å². The van der Waals surface area contributed by atoms with E-state index < -0.39 is 16.1 Å². The molecule has 5 nitrogen and oxygen atoms in total. The molecule has 1 rings (SSSR count). The van der Waals surface area contributed by atoms with Gasteiger partial charge in [-0.15, -0.1) is 0 Å². The van der Waals surface area contributed by atoms with Crippen LogP contribution in [-0.2, 0) is 14.8 Å². The van der Waals surface area contributed by atoms with Gasteiger partial charge in [-0.3, -0.25) is 0 Å². The van der Waals surface area contributed by atoms with Crippen molar-refractivity contribution in [3.05, 3.63) is 0 Å². The van der Waals surface area contributed by atoms with E-state index >= 15 is 0 Å². The molecule has 0 radical (unpaired) electrons. The van der Waals surface area contributed by atoms with Gasteiger partial charge in [0.05, 0.1) is 12.4 Å². The number of ether oxygens (including phenoxy) is 1. The summed E-state index contributed by atoms with van der Waals surface area (Å²) in [6.07, 6.45) is 6.05. The van der Waals surface area contributed by atoms with Crippen LogP contribution in [0.25, 0.3) is 0 Å². The molecular formula is C14H27NO4S. The molecule has 1 fully saturated rings. The Balaban J connectivity index is 2.72. The fourth-order valence-corrected chi connectivity index (χ4v) is 4.38. The molecule has 0 bridgehead atoms. The lowest BCUT2D eigenvalue weighted by Crippen LogP contribution is -2.41. The Labute approximate surface area is 122 Å². The summed E-state index contributed by atoms with van der Waals surface area (Å²) >= 11 is 0. The van der Waals surface area contributed by atoms with Gasteiger partial charge < -0.3 is 4.74 Å². The van der Waals surface area contributed by atoms with Crippen LogP contribution in [-0.4, -0.2) is 37.7 Å². The average Bonchev–Trinajstić information content (AvgIpc) is 2.39. The van der Waals surface area contributed by atoms with Gasteiger partial charge in [-0.1, -0.05) is 32.6 Å². The third kappa shape index (κ3) is 5.31. The van der Waals surface area contributed by atoms with E-state index in [2.05, 4.69) is 0 Å². The van der Waals surface area contributed by atoms with E-state index in [1.165, 1.54) is 6.42 Å². The Kier molecular flexibility index (Phi) is 7.34. The van der Waals surface area contributed by atoms with Crippen molar-refractivity contribution in [1.29, 1.82) is 0 Å². The molecule has 0 saturated heterocycles. The zero-order valence-corrected chi connectivity index (χ0v) is 13.5. The molecule has 6 heteroatoms. The Hall–Kier alpha value is -0.780. The molecular weight excluding hydrogens is 278 g/mol. The first-order valence-electron chi connectivity index (χ1n) is 7.68. The monoisotopic (exact) mass is 305 g/mol. The van der Waals surface area contributed by atoms with E-state index in [1.54, 1.807) is 6.92 Å². The highest BCUT2D eigenvalue weighted by Crippen LogP contribution is 2.26. The van der Waals surface area contributed by atoms with Gasteiger partial charge in [-0.2, -0.15) is 0 Å². The first-order chi connectivity index (χ1) is 9.51. The second kappa shape index (κ2) is 8.49. The largest absolute Gasteiger partial charge is 0.449 e. The van der Waals surface area contributed by atoms with Crippen LogP contribution >= 0.6 is 0 Å². The van der Waals surface area contributed by atoms with Crippen LogP contribution in [0.15, 0.2) is 0 Å². The fourth-order valence-electron chi connectivity index (χ4n) is 2.58. The number of unbranched alkanes of at least 4 members (excludes halogenated alkanes) is 1. The second-order valence-electron chi connectivity index (χ2n) is 5.41. The maximum Gasteiger partial charge on any atom is 0.423 e. The average molecular weight is 305 g/mol. The van der Waals surface area contributed by atoms with Crippen molar-refractivity contribution in [3.8, 4) is 0 Å². The molecule has 1 saturated carbocycles. The van der Waals surface area contributed by atoms with Gasteiger partial charge in [0.2, 0.25) is 10.0 Å². The lowest BCUT2D eigenvalue weighted by atomic mass is 9.91. The van der Waals surface area contributed by atoms with Crippen LogP contribution in [0, 0.1) is 5.92 Å². The summed E-state index contributed by atoms with van der Waals surface area (Å²) in [5, 5.41) is 0. The molecule has 0 aliphatic heterocycles. The van der Waals surface area contributed by atoms with E-state index in [0.717, 1.165) is 36.4 Å². The SMILES string of the molecule is CCCCN(C(=O)OCC)S(=O)(=O)CC1CCCCC1. The Morgan fingerprint density at radius 2 is 1.85 bits per heavy atom. The van der Waals surface area contributed by atoms with Gasteiger partial charge in [0.1, 0.15) is 0 Å². The van der Waals surface area contributed by atoms with Gasteiger partial charge in [-0.25, -0.2) is 17.5 Å². The summed E-state index contributed by atoms with van der Waals surface area (Å²) in [5.41, 5.74) is 0. The van der Waals surface area contributed by atoms with Crippen molar-refractivity contribution in [1.82, 2.24) is 4.31 Å². The minimum absolute atomic E-state index is 0.0789. The van der Waals surface area contributed by atoms with Crippen molar-refractivity contribution in [3.63, 3.8) is 0 Å². The molecule has 118 valence electrons. The summed E-state index contributed by atoms with van der Waals surface area (Å²) in [7, 11) is -3.56. The molecule has 0 aromatic heterocycles. The first kappa shape index (κ1) is 17.3. The van der Waals surface area contributed by atoms with Crippen molar-refractivity contribution in [2.75, 3.05) is 18.9 Å². The molecule has 0 heterocycles. The number of carbonyl (C=O) groups excluding carboxylic acids is 1. The Morgan fingerprint density at radius 3 is 2.40 bits per heavy atom. The van der Waals surface area contributed by atoms with Crippen LogP contribution in [0.3, 0.4) is 0 Å². The van der Waals surface area contributed by atoms with Crippen LogP contribution in [0.4, 0.5) is 4.79 Å². The molecule has 20 heavy (non-hydrogen) atoms. The third-order valence-corrected chi connectivity index (χ3v) is 5.59. The van der Waals surface area contributed by atoms with Crippen molar-refractivity contribution in [2.45, 2.75) is 58.8 Å². The molecule has 0 aromatic rings. The zero-order chi connectivity index (χ0) is 15.0. The lowest BCUT2D eigenvalue weighted by Gasteiger charge is -2.26. The van der Waals surface area contributed by atoms with Gasteiger partial charge in [0, 0.05) is 6.54 Å². The molecule has 0 atom stereocenters. The Bertz CT molecular complexity index is 388. The summed E-state index contributed by atoms with van der Waals surface area (Å²) < 4.78 is 30.7. The fraction of sp³-hybridized carbons (Fsp3) is 0.929. The molecule has 1 aliphatic rings. The van der Waals surface area contributed by atoms with E-state index in [0.29, 0.717) is 6.42 Å². The van der Waals surface area contributed by atoms with Gasteiger partial charge in [-0.05, 0) is 32.1 Å². The normalized spacial score (nSPS) is 16.9. The number of nitrogens with zero attached hydrogens (tertiary/aromatic N) is 1. The molecule has 0 spiro atoms. The topological polar surface area (TPSA) is 63.7 Å². The smallest absolute Gasteiger partial charge is 0.423 e. The number of carbonyl (C=O) groups is 1. The van der Waals surface area contributed by atoms with Crippen LogP contribution in [0.2, 0.25) is 0 Å². The van der Waals surface area contributed by atoms with Gasteiger partial charge in [0.15, 0.2) is 0 Å². The summed E-state index contributed by atoms with van der Waals surface area (Å²) in [6.45, 7) is 4.07. The van der Waals surface area contributed by atoms with Crippen LogP contribution in [0.5, 0.6) is 0 Å². The standard InChI is InChI=1S/C14H27NO4S/c1-3-5-11-15(14(16)19-4-2)20(17,18)12-13-9-7-6-8-10-13/h13H,3-12H2,1-2H3. The quantitative estimate of drug-likeness (QED) is 0.725. The summed E-state index contributed by atoms with van der Waals surface area (Å²) in [5.74, 6) is 0.266. The van der Waals surface area contributed by atoms with E-state index in [4.69, 9.17) is 4.74 Å². The maximum absolute atomic E-state index is 12.4. The first-order valence-corrected chi connectivity index (χ1v) is 9.29. The van der Waals surface area contributed by atoms with Gasteiger partial charge >= 0.3 is 6.09 Å². The van der Waals surface area contributed by atoms with Crippen molar-refractivity contribution < 1.29 is 17.9 Å². The predicted octanol–water partition coefficient (Wildman–Crippen LogP) is 3.16. The highest BCUT2D eigenvalue weighted by Gasteiger charge is 2.31. The minimum Gasteiger partial charge on any atom is -0.449 e. The third-order valence-electron chi connectivity index (χ3n) is 3.69. The van der Waals surface area contributed by atoms with Crippen molar-refractivity contribution in [2.24, 2.45) is 5.92 Å². The number of hydrogen-bond donors (Lipinski definition) is 0. The maximum atomic E-state index is 12.4. The molecule has 0 unspecified atom stereocenters. The molecule has 0 aromatic carbocycles. The Morgan fingerprint density at radius 1 is 1.20 bits per heavy atom.